The lowest BCUT2D eigenvalue weighted by atomic mass is 9.91. The molecule has 178 valence electrons. The van der Waals surface area contributed by atoms with Crippen LogP contribution in [0.3, 0.4) is 0 Å². The maximum Gasteiger partial charge on any atom is 0.268 e. The molecule has 1 unspecified atom stereocenters. The molecule has 1 atom stereocenters. The molecule has 0 aliphatic heterocycles. The van der Waals surface area contributed by atoms with E-state index in [2.05, 4.69) is 64.2 Å². The Balaban J connectivity index is 1.72. The lowest BCUT2D eigenvalue weighted by Gasteiger charge is -2.37. The van der Waals surface area contributed by atoms with Gasteiger partial charge in [-0.1, -0.05) is 75.4 Å². The van der Waals surface area contributed by atoms with Crippen LogP contribution in [0.15, 0.2) is 96.0 Å². The zero-order valence-corrected chi connectivity index (χ0v) is 22.3. The quantitative estimate of drug-likeness (QED) is 0.261. The molecule has 0 aliphatic rings. The molecule has 0 aliphatic carbocycles. The van der Waals surface area contributed by atoms with Crippen LogP contribution in [-0.2, 0) is 14.4 Å². The van der Waals surface area contributed by atoms with Crippen molar-refractivity contribution in [2.75, 3.05) is 6.61 Å². The summed E-state index contributed by atoms with van der Waals surface area (Å²) in [6, 6.07) is 26.8. The first-order valence-corrected chi connectivity index (χ1v) is 16.0. The van der Waals surface area contributed by atoms with E-state index in [0.717, 1.165) is 10.9 Å². The fourth-order valence-electron chi connectivity index (χ4n) is 3.85. The number of hydrogen-bond donors (Lipinski definition) is 0. The van der Waals surface area contributed by atoms with Gasteiger partial charge in [-0.2, -0.15) is 0 Å². The molecule has 4 rings (SSSR count). The van der Waals surface area contributed by atoms with E-state index >= 15 is 0 Å². The Hall–Kier alpha value is -2.67. The van der Waals surface area contributed by atoms with Gasteiger partial charge in [-0.05, 0) is 59.6 Å². The second-order valence-electron chi connectivity index (χ2n) is 10.3. The van der Waals surface area contributed by atoms with Gasteiger partial charge in [0, 0.05) is 24.1 Å². The van der Waals surface area contributed by atoms with Crippen LogP contribution >= 0.6 is 0 Å². The third-order valence-corrected chi connectivity index (χ3v) is 13.2. The lowest BCUT2D eigenvalue weighted by Crippen LogP contribution is -2.41. The number of hydrogen-bond acceptors (Lipinski definition) is 3. The van der Waals surface area contributed by atoms with Crippen LogP contribution in [0.4, 0.5) is 0 Å². The van der Waals surface area contributed by atoms with Gasteiger partial charge < -0.3 is 4.43 Å². The van der Waals surface area contributed by atoms with E-state index in [9.17, 15) is 8.42 Å². The van der Waals surface area contributed by atoms with Gasteiger partial charge in [-0.15, -0.1) is 0 Å². The SMILES string of the molecule is CC(C)(C)[Si](C)(C)OCC(c1ccccc1)c1ccc2c(ccn2S(=O)(=O)c2ccccc2)c1. The predicted molar refractivity (Wildman–Crippen MR) is 142 cm³/mol. The highest BCUT2D eigenvalue weighted by Gasteiger charge is 2.37. The lowest BCUT2D eigenvalue weighted by molar-refractivity contribution is 0.275. The van der Waals surface area contributed by atoms with Gasteiger partial charge in [0.2, 0.25) is 0 Å². The second kappa shape index (κ2) is 9.17. The van der Waals surface area contributed by atoms with Crippen LogP contribution in [0.1, 0.15) is 37.8 Å². The van der Waals surface area contributed by atoms with Crippen molar-refractivity contribution >= 4 is 29.2 Å². The molecule has 34 heavy (non-hydrogen) atoms. The first-order valence-electron chi connectivity index (χ1n) is 11.6. The Morgan fingerprint density at radius 2 is 1.47 bits per heavy atom. The highest BCUT2D eigenvalue weighted by Crippen LogP contribution is 2.38. The number of aromatic nitrogens is 1. The summed E-state index contributed by atoms with van der Waals surface area (Å²) < 4.78 is 34.4. The van der Waals surface area contributed by atoms with Gasteiger partial charge in [0.15, 0.2) is 8.32 Å². The molecule has 0 spiro atoms. The summed E-state index contributed by atoms with van der Waals surface area (Å²) in [5, 5.41) is 1.02. The first-order chi connectivity index (χ1) is 16.0. The van der Waals surface area contributed by atoms with E-state index in [-0.39, 0.29) is 15.9 Å². The zero-order chi connectivity index (χ0) is 24.6. The van der Waals surface area contributed by atoms with E-state index in [1.807, 2.05) is 30.3 Å². The average molecular weight is 492 g/mol. The molecule has 0 amide bonds. The fraction of sp³-hybridized carbons (Fsp3) is 0.286. The summed E-state index contributed by atoms with van der Waals surface area (Å²) in [7, 11) is -5.58. The Kier molecular flexibility index (Phi) is 6.60. The van der Waals surface area contributed by atoms with Crippen LogP contribution < -0.4 is 0 Å². The van der Waals surface area contributed by atoms with Gasteiger partial charge in [-0.25, -0.2) is 12.4 Å². The minimum absolute atomic E-state index is 0.0637. The molecule has 0 radical (unpaired) electrons. The Morgan fingerprint density at radius 3 is 2.09 bits per heavy atom. The van der Waals surface area contributed by atoms with Gasteiger partial charge in [-0.3, -0.25) is 0 Å². The zero-order valence-electron chi connectivity index (χ0n) is 20.5. The van der Waals surface area contributed by atoms with Crippen molar-refractivity contribution < 1.29 is 12.8 Å². The number of rotatable bonds is 7. The summed E-state index contributed by atoms with van der Waals surface area (Å²) in [4.78, 5) is 0.279. The van der Waals surface area contributed by atoms with E-state index < -0.39 is 18.3 Å². The molecule has 0 N–H and O–H groups in total. The summed E-state index contributed by atoms with van der Waals surface area (Å²) in [6.07, 6.45) is 1.64. The summed E-state index contributed by atoms with van der Waals surface area (Å²) in [5.41, 5.74) is 2.98. The highest BCUT2D eigenvalue weighted by molar-refractivity contribution is 7.90. The molecule has 0 fully saturated rings. The number of fused-ring (bicyclic) bond motifs is 1. The van der Waals surface area contributed by atoms with E-state index in [0.29, 0.717) is 12.1 Å². The average Bonchev–Trinajstić information content (AvgIpc) is 3.24. The minimum atomic E-state index is -3.66. The van der Waals surface area contributed by atoms with Crippen molar-refractivity contribution in [3.63, 3.8) is 0 Å². The van der Waals surface area contributed by atoms with E-state index in [1.165, 1.54) is 9.54 Å². The van der Waals surface area contributed by atoms with E-state index in [4.69, 9.17) is 4.43 Å². The maximum atomic E-state index is 13.2. The third kappa shape index (κ3) is 4.76. The standard InChI is InChI=1S/C28H33NO3SSi/c1-28(2,3)34(4,5)32-21-26(22-12-8-6-9-13-22)23-16-17-27-24(20-23)18-19-29(27)33(30,31)25-14-10-7-11-15-25/h6-20,26H,21H2,1-5H3. The Morgan fingerprint density at radius 1 is 0.853 bits per heavy atom. The molecule has 3 aromatic carbocycles. The minimum Gasteiger partial charge on any atom is -0.416 e. The van der Waals surface area contributed by atoms with Crippen LogP contribution in [0, 0.1) is 0 Å². The topological polar surface area (TPSA) is 48.3 Å². The fourth-order valence-corrected chi connectivity index (χ4v) is 6.24. The van der Waals surface area contributed by atoms with Crippen LogP contribution in [0.5, 0.6) is 0 Å². The summed E-state index contributed by atoms with van der Waals surface area (Å²) in [6.45, 7) is 11.9. The molecular weight excluding hydrogens is 458 g/mol. The monoisotopic (exact) mass is 491 g/mol. The molecule has 0 bridgehead atoms. The normalized spacial score (nSPS) is 13.8. The summed E-state index contributed by atoms with van der Waals surface area (Å²) >= 11 is 0. The Labute approximate surface area is 204 Å². The van der Waals surface area contributed by atoms with Gasteiger partial charge in [0.05, 0.1) is 10.4 Å². The van der Waals surface area contributed by atoms with Crippen molar-refractivity contribution in [3.05, 3.63) is 102 Å². The van der Waals surface area contributed by atoms with Crippen LogP contribution in [-0.4, -0.2) is 27.3 Å². The van der Waals surface area contributed by atoms with Crippen molar-refractivity contribution in [3.8, 4) is 0 Å². The Bertz CT molecular complexity index is 1370. The molecule has 1 heterocycles. The molecule has 1 aromatic heterocycles. The first kappa shape index (κ1) is 24.5. The summed E-state index contributed by atoms with van der Waals surface area (Å²) in [5.74, 6) is 0.0637. The smallest absolute Gasteiger partial charge is 0.268 e. The second-order valence-corrected chi connectivity index (χ2v) is 16.9. The van der Waals surface area contributed by atoms with Crippen molar-refractivity contribution in [1.82, 2.24) is 3.97 Å². The maximum absolute atomic E-state index is 13.2. The van der Waals surface area contributed by atoms with Crippen molar-refractivity contribution in [1.29, 1.82) is 0 Å². The largest absolute Gasteiger partial charge is 0.416 e. The van der Waals surface area contributed by atoms with Crippen molar-refractivity contribution in [2.24, 2.45) is 0 Å². The molecular formula is C28H33NO3SSi. The predicted octanol–water partition coefficient (Wildman–Crippen LogP) is 7.03. The number of nitrogens with zero attached hydrogens (tertiary/aromatic N) is 1. The van der Waals surface area contributed by atoms with Crippen molar-refractivity contribution in [2.45, 2.75) is 49.7 Å². The highest BCUT2D eigenvalue weighted by atomic mass is 32.2. The molecule has 4 nitrogen and oxygen atoms in total. The van der Waals surface area contributed by atoms with E-state index in [1.54, 1.807) is 30.5 Å². The van der Waals surface area contributed by atoms with Gasteiger partial charge >= 0.3 is 0 Å². The van der Waals surface area contributed by atoms with Crippen LogP contribution in [0.25, 0.3) is 10.9 Å². The molecule has 0 saturated carbocycles. The van der Waals surface area contributed by atoms with Gasteiger partial charge in [0.1, 0.15) is 0 Å². The molecule has 0 saturated heterocycles. The van der Waals surface area contributed by atoms with Gasteiger partial charge in [0.25, 0.3) is 10.0 Å². The molecule has 6 heteroatoms. The van der Waals surface area contributed by atoms with Crippen LogP contribution in [0.2, 0.25) is 18.1 Å². The third-order valence-electron chi connectivity index (χ3n) is 7.00. The molecule has 4 aromatic rings. The number of benzene rings is 3.